The van der Waals surface area contributed by atoms with Crippen LogP contribution in [0, 0.1) is 18.2 Å². The van der Waals surface area contributed by atoms with Crippen LogP contribution in [0.25, 0.3) is 0 Å². The first-order valence-corrected chi connectivity index (χ1v) is 12.6. The molecule has 1 spiro atoms. The highest BCUT2D eigenvalue weighted by Gasteiger charge is 2.44. The Morgan fingerprint density at radius 3 is 2.29 bits per heavy atom. The predicted molar refractivity (Wildman–Crippen MR) is 131 cm³/mol. The zero-order valence-corrected chi connectivity index (χ0v) is 20.7. The molecule has 3 heterocycles. The standard InChI is InChI=1S/C25H28BrF3N4O/c1-16-14-19(21(27)22(30-16)33-12-8-25(28,29)9-13-33)31-23(34)18-3-2-17(26)15-20(18)32-10-6-24(4-5-24)7-11-32/h2-3,14-15H,4-13H2,1H3,(H,30,31,34). The van der Waals surface area contributed by atoms with Gasteiger partial charge in [0.1, 0.15) is 0 Å². The number of carbonyl (C=O) groups is 1. The second-order valence-electron chi connectivity index (χ2n) is 9.89. The summed E-state index contributed by atoms with van der Waals surface area (Å²) in [5, 5.41) is 2.72. The second kappa shape index (κ2) is 8.73. The minimum Gasteiger partial charge on any atom is -0.371 e. The van der Waals surface area contributed by atoms with Crippen molar-refractivity contribution in [3.05, 3.63) is 45.8 Å². The number of aromatic nitrogens is 1. The molecule has 5 rings (SSSR count). The van der Waals surface area contributed by atoms with Crippen molar-refractivity contribution in [1.82, 2.24) is 4.98 Å². The van der Waals surface area contributed by atoms with Gasteiger partial charge >= 0.3 is 0 Å². The summed E-state index contributed by atoms with van der Waals surface area (Å²) in [5.74, 6) is -3.83. The van der Waals surface area contributed by atoms with Gasteiger partial charge in [-0.25, -0.2) is 18.2 Å². The van der Waals surface area contributed by atoms with Gasteiger partial charge in [-0.05, 0) is 62.3 Å². The van der Waals surface area contributed by atoms with E-state index in [4.69, 9.17) is 0 Å². The van der Waals surface area contributed by atoms with Crippen LogP contribution >= 0.6 is 15.9 Å². The van der Waals surface area contributed by atoms with Gasteiger partial charge in [-0.1, -0.05) is 15.9 Å². The quantitative estimate of drug-likeness (QED) is 0.508. The van der Waals surface area contributed by atoms with Crippen molar-refractivity contribution in [3.8, 4) is 0 Å². The van der Waals surface area contributed by atoms with E-state index in [0.29, 0.717) is 16.7 Å². The molecular formula is C25H28BrF3N4O. The molecule has 5 nitrogen and oxygen atoms in total. The average molecular weight is 537 g/mol. The Hall–Kier alpha value is -2.29. The van der Waals surface area contributed by atoms with Crippen molar-refractivity contribution in [2.45, 2.75) is 51.4 Å². The first-order chi connectivity index (χ1) is 16.1. The van der Waals surface area contributed by atoms with E-state index < -0.39 is 17.6 Å². The molecule has 0 atom stereocenters. The van der Waals surface area contributed by atoms with Crippen molar-refractivity contribution in [2.24, 2.45) is 5.41 Å². The molecule has 1 saturated carbocycles. The Bertz CT molecular complexity index is 1100. The third-order valence-corrected chi connectivity index (χ3v) is 7.93. The molecule has 1 aliphatic carbocycles. The summed E-state index contributed by atoms with van der Waals surface area (Å²) < 4.78 is 43.4. The van der Waals surface area contributed by atoms with Crippen LogP contribution in [0.4, 0.5) is 30.4 Å². The predicted octanol–water partition coefficient (Wildman–Crippen LogP) is 6.16. The number of amides is 1. The molecule has 1 amide bonds. The number of anilines is 3. The van der Waals surface area contributed by atoms with E-state index in [1.165, 1.54) is 23.8 Å². The van der Waals surface area contributed by atoms with E-state index in [1.807, 2.05) is 6.07 Å². The number of hydrogen-bond acceptors (Lipinski definition) is 4. The van der Waals surface area contributed by atoms with Gasteiger partial charge in [-0.2, -0.15) is 0 Å². The van der Waals surface area contributed by atoms with E-state index in [1.54, 1.807) is 19.1 Å². The fourth-order valence-corrected chi connectivity index (χ4v) is 5.38. The monoisotopic (exact) mass is 536 g/mol. The van der Waals surface area contributed by atoms with Crippen molar-refractivity contribution in [2.75, 3.05) is 41.3 Å². The largest absolute Gasteiger partial charge is 0.371 e. The minimum atomic E-state index is -2.74. The number of rotatable bonds is 4. The summed E-state index contributed by atoms with van der Waals surface area (Å²) in [5.41, 5.74) is 2.33. The minimum absolute atomic E-state index is 0.00703. The zero-order chi connectivity index (χ0) is 24.1. The number of benzene rings is 1. The van der Waals surface area contributed by atoms with E-state index in [9.17, 15) is 13.6 Å². The molecule has 3 aliphatic rings. The highest BCUT2D eigenvalue weighted by atomic mass is 79.9. The Morgan fingerprint density at radius 1 is 1.00 bits per heavy atom. The van der Waals surface area contributed by atoms with Gasteiger partial charge in [-0.3, -0.25) is 4.79 Å². The Morgan fingerprint density at radius 2 is 1.65 bits per heavy atom. The smallest absolute Gasteiger partial charge is 0.257 e. The number of carbonyl (C=O) groups excluding carboxylic acids is 1. The van der Waals surface area contributed by atoms with Crippen LogP contribution in [0.15, 0.2) is 28.7 Å². The van der Waals surface area contributed by atoms with Gasteiger partial charge in [0.15, 0.2) is 11.6 Å². The number of alkyl halides is 2. The molecular weight excluding hydrogens is 509 g/mol. The first kappa shape index (κ1) is 23.5. The number of hydrogen-bond donors (Lipinski definition) is 1. The lowest BCUT2D eigenvalue weighted by atomic mass is 9.93. The lowest BCUT2D eigenvalue weighted by molar-refractivity contribution is -0.0222. The average Bonchev–Trinajstić information content (AvgIpc) is 3.55. The number of halogens is 4. The Balaban J connectivity index is 1.38. The van der Waals surface area contributed by atoms with Crippen LogP contribution in [0.5, 0.6) is 0 Å². The number of aryl methyl sites for hydroxylation is 1. The maximum atomic E-state index is 15.4. The van der Waals surface area contributed by atoms with Crippen LogP contribution in [0.1, 0.15) is 54.6 Å². The molecule has 2 aliphatic heterocycles. The highest BCUT2D eigenvalue weighted by molar-refractivity contribution is 9.10. The fourth-order valence-electron chi connectivity index (χ4n) is 5.03. The number of nitrogens with one attached hydrogen (secondary N) is 1. The fraction of sp³-hybridized carbons (Fsp3) is 0.520. The number of piperidine rings is 2. The second-order valence-corrected chi connectivity index (χ2v) is 10.8. The van der Waals surface area contributed by atoms with Gasteiger partial charge in [0.2, 0.25) is 0 Å². The molecule has 3 fully saturated rings. The molecule has 0 unspecified atom stereocenters. The summed E-state index contributed by atoms with van der Waals surface area (Å²) in [7, 11) is 0. The van der Waals surface area contributed by atoms with Gasteiger partial charge in [0.05, 0.1) is 16.9 Å². The third kappa shape index (κ3) is 4.76. The topological polar surface area (TPSA) is 48.5 Å². The first-order valence-electron chi connectivity index (χ1n) is 11.8. The van der Waals surface area contributed by atoms with E-state index in [0.717, 1.165) is 36.1 Å². The number of pyridine rings is 1. The highest BCUT2D eigenvalue weighted by Crippen LogP contribution is 2.54. The van der Waals surface area contributed by atoms with Crippen molar-refractivity contribution >= 4 is 39.0 Å². The third-order valence-electron chi connectivity index (χ3n) is 7.44. The van der Waals surface area contributed by atoms with Gasteiger partial charge < -0.3 is 15.1 Å². The SMILES string of the molecule is Cc1cc(NC(=O)c2ccc(Br)cc2N2CCC3(CC2)CC3)c(F)c(N2CCC(F)(F)CC2)n1. The molecule has 182 valence electrons. The van der Waals surface area contributed by atoms with Crippen molar-refractivity contribution in [3.63, 3.8) is 0 Å². The number of nitrogens with zero attached hydrogens (tertiary/aromatic N) is 3. The summed E-state index contributed by atoms with van der Waals surface area (Å²) in [4.78, 5) is 21.3. The van der Waals surface area contributed by atoms with E-state index in [2.05, 4.69) is 31.1 Å². The molecule has 9 heteroatoms. The van der Waals surface area contributed by atoms with Gasteiger partial charge in [0, 0.05) is 49.2 Å². The molecule has 2 saturated heterocycles. The van der Waals surface area contributed by atoms with Crippen LogP contribution in [0.2, 0.25) is 0 Å². The lowest BCUT2D eigenvalue weighted by Crippen LogP contribution is -2.40. The van der Waals surface area contributed by atoms with E-state index >= 15 is 4.39 Å². The molecule has 0 bridgehead atoms. The lowest BCUT2D eigenvalue weighted by Gasteiger charge is -2.35. The van der Waals surface area contributed by atoms with E-state index in [-0.39, 0.29) is 37.4 Å². The van der Waals surface area contributed by atoms with Crippen LogP contribution in [-0.4, -0.2) is 43.0 Å². The van der Waals surface area contributed by atoms with Crippen molar-refractivity contribution < 1.29 is 18.0 Å². The molecule has 1 aromatic heterocycles. The Kier molecular flexibility index (Phi) is 6.02. The summed E-state index contributed by atoms with van der Waals surface area (Å²) in [6.45, 7) is 3.51. The maximum absolute atomic E-state index is 15.4. The molecule has 1 N–H and O–H groups in total. The zero-order valence-electron chi connectivity index (χ0n) is 19.1. The van der Waals surface area contributed by atoms with Gasteiger partial charge in [0.25, 0.3) is 11.8 Å². The summed E-state index contributed by atoms with van der Waals surface area (Å²) in [6, 6.07) is 6.97. The van der Waals surface area contributed by atoms with Crippen LogP contribution in [-0.2, 0) is 0 Å². The molecule has 0 radical (unpaired) electrons. The Labute approximate surface area is 205 Å². The molecule has 1 aromatic carbocycles. The van der Waals surface area contributed by atoms with Crippen LogP contribution < -0.4 is 15.1 Å². The normalized spacial score (nSPS) is 21.0. The maximum Gasteiger partial charge on any atom is 0.257 e. The summed E-state index contributed by atoms with van der Waals surface area (Å²) in [6.07, 6.45) is 4.15. The van der Waals surface area contributed by atoms with Crippen molar-refractivity contribution in [1.29, 1.82) is 0 Å². The molecule has 34 heavy (non-hydrogen) atoms. The summed E-state index contributed by atoms with van der Waals surface area (Å²) >= 11 is 3.51. The van der Waals surface area contributed by atoms with Crippen LogP contribution in [0.3, 0.4) is 0 Å². The molecule has 2 aromatic rings. The van der Waals surface area contributed by atoms with Gasteiger partial charge in [-0.15, -0.1) is 0 Å².